The maximum absolute atomic E-state index is 12.7. The van der Waals surface area contributed by atoms with Gasteiger partial charge >= 0.3 is 6.18 Å². The second-order valence-electron chi connectivity index (χ2n) is 5.21. The summed E-state index contributed by atoms with van der Waals surface area (Å²) in [6.45, 7) is 1.75. The van der Waals surface area contributed by atoms with Gasteiger partial charge < -0.3 is 10.4 Å². The Labute approximate surface area is 135 Å². The van der Waals surface area contributed by atoms with Crippen LogP contribution in [0.1, 0.15) is 11.1 Å². The van der Waals surface area contributed by atoms with Crippen LogP contribution in [0.4, 0.5) is 24.8 Å². The number of halogens is 3. The van der Waals surface area contributed by atoms with Crippen molar-refractivity contribution in [3.8, 4) is 17.1 Å². The zero-order chi connectivity index (χ0) is 17.3. The number of phenols is 1. The number of hydrogen-bond acceptors (Lipinski definition) is 4. The van der Waals surface area contributed by atoms with E-state index in [1.54, 1.807) is 19.1 Å². The standard InChI is InChI=1S/C16H13F3N4O/c1-9-7-10(5-6-13(9)24)14-21-15(23-22-14)20-12-4-2-3-11(8-12)16(17,18)19/h2-8,24H,1H3,(H2,20,21,22,23). The first-order valence-electron chi connectivity index (χ1n) is 6.99. The van der Waals surface area contributed by atoms with E-state index in [-0.39, 0.29) is 17.4 Å². The number of aromatic nitrogens is 3. The largest absolute Gasteiger partial charge is 0.508 e. The van der Waals surface area contributed by atoms with Crippen molar-refractivity contribution >= 4 is 11.6 Å². The molecule has 3 N–H and O–H groups in total. The number of nitrogens with one attached hydrogen (secondary N) is 2. The Balaban J connectivity index is 1.83. The van der Waals surface area contributed by atoms with Crippen molar-refractivity contribution in [2.75, 3.05) is 5.32 Å². The zero-order valence-corrected chi connectivity index (χ0v) is 12.5. The number of phenolic OH excluding ortho intramolecular Hbond substituents is 1. The third kappa shape index (κ3) is 3.32. The van der Waals surface area contributed by atoms with Crippen molar-refractivity contribution in [3.05, 3.63) is 53.6 Å². The molecule has 0 aliphatic carbocycles. The Kier molecular flexibility index (Phi) is 3.88. The van der Waals surface area contributed by atoms with Gasteiger partial charge in [-0.3, -0.25) is 5.10 Å². The minimum absolute atomic E-state index is 0.148. The smallest absolute Gasteiger partial charge is 0.416 e. The minimum Gasteiger partial charge on any atom is -0.508 e. The lowest BCUT2D eigenvalue weighted by Gasteiger charge is -2.08. The van der Waals surface area contributed by atoms with E-state index >= 15 is 0 Å². The summed E-state index contributed by atoms with van der Waals surface area (Å²) in [5, 5.41) is 18.9. The van der Waals surface area contributed by atoms with Gasteiger partial charge in [-0.1, -0.05) is 6.07 Å². The van der Waals surface area contributed by atoms with Gasteiger partial charge in [-0.25, -0.2) is 0 Å². The minimum atomic E-state index is -4.41. The molecule has 0 aliphatic rings. The van der Waals surface area contributed by atoms with Gasteiger partial charge in [0.2, 0.25) is 5.95 Å². The number of benzene rings is 2. The van der Waals surface area contributed by atoms with E-state index in [1.807, 2.05) is 0 Å². The molecule has 0 spiro atoms. The van der Waals surface area contributed by atoms with E-state index < -0.39 is 11.7 Å². The molecule has 2 aromatic carbocycles. The molecule has 24 heavy (non-hydrogen) atoms. The molecule has 1 heterocycles. The predicted molar refractivity (Wildman–Crippen MR) is 82.9 cm³/mol. The topological polar surface area (TPSA) is 73.8 Å². The highest BCUT2D eigenvalue weighted by atomic mass is 19.4. The number of hydrogen-bond donors (Lipinski definition) is 3. The number of aromatic amines is 1. The van der Waals surface area contributed by atoms with E-state index in [0.29, 0.717) is 17.0 Å². The van der Waals surface area contributed by atoms with Gasteiger partial charge in [-0.15, -0.1) is 5.10 Å². The summed E-state index contributed by atoms with van der Waals surface area (Å²) in [5.74, 6) is 0.753. The summed E-state index contributed by atoms with van der Waals surface area (Å²) < 4.78 is 38.2. The second-order valence-corrected chi connectivity index (χ2v) is 5.21. The van der Waals surface area contributed by atoms with Crippen molar-refractivity contribution in [1.29, 1.82) is 0 Å². The lowest BCUT2D eigenvalue weighted by atomic mass is 10.1. The van der Waals surface area contributed by atoms with Crippen LogP contribution in [0, 0.1) is 6.92 Å². The van der Waals surface area contributed by atoms with Crippen molar-refractivity contribution in [2.45, 2.75) is 13.1 Å². The molecule has 0 unspecified atom stereocenters. The highest BCUT2D eigenvalue weighted by Crippen LogP contribution is 2.31. The van der Waals surface area contributed by atoms with Crippen LogP contribution in [-0.4, -0.2) is 20.3 Å². The first-order valence-corrected chi connectivity index (χ1v) is 6.99. The highest BCUT2D eigenvalue weighted by molar-refractivity contribution is 5.61. The van der Waals surface area contributed by atoms with E-state index in [4.69, 9.17) is 0 Å². The van der Waals surface area contributed by atoms with Gasteiger partial charge in [0.1, 0.15) is 5.75 Å². The van der Waals surface area contributed by atoms with Gasteiger partial charge in [0.25, 0.3) is 0 Å². The van der Waals surface area contributed by atoms with Crippen LogP contribution in [0.2, 0.25) is 0 Å². The average molecular weight is 334 g/mol. The Morgan fingerprint density at radius 3 is 2.62 bits per heavy atom. The molecule has 124 valence electrons. The lowest BCUT2D eigenvalue weighted by molar-refractivity contribution is -0.137. The van der Waals surface area contributed by atoms with Crippen LogP contribution < -0.4 is 5.32 Å². The highest BCUT2D eigenvalue weighted by Gasteiger charge is 2.30. The first kappa shape index (κ1) is 15.9. The molecular weight excluding hydrogens is 321 g/mol. The fourth-order valence-corrected chi connectivity index (χ4v) is 2.15. The SMILES string of the molecule is Cc1cc(-c2nc(Nc3cccc(C(F)(F)F)c3)n[nH]2)ccc1O. The van der Waals surface area contributed by atoms with E-state index in [2.05, 4.69) is 20.5 Å². The fraction of sp³-hybridized carbons (Fsp3) is 0.125. The van der Waals surface area contributed by atoms with Crippen molar-refractivity contribution < 1.29 is 18.3 Å². The molecule has 3 aromatic rings. The number of rotatable bonds is 3. The molecule has 1 aromatic heterocycles. The molecular formula is C16H13F3N4O. The van der Waals surface area contributed by atoms with Gasteiger partial charge in [0.15, 0.2) is 5.82 Å². The molecule has 0 atom stereocenters. The van der Waals surface area contributed by atoms with Crippen LogP contribution in [0.3, 0.4) is 0 Å². The van der Waals surface area contributed by atoms with Gasteiger partial charge in [0, 0.05) is 11.3 Å². The number of aryl methyl sites for hydroxylation is 1. The number of H-pyrrole nitrogens is 1. The molecule has 0 saturated heterocycles. The molecule has 0 saturated carbocycles. The normalized spacial score (nSPS) is 11.5. The third-order valence-corrected chi connectivity index (χ3v) is 3.40. The molecule has 0 bridgehead atoms. The van der Waals surface area contributed by atoms with Crippen LogP contribution in [-0.2, 0) is 6.18 Å². The summed E-state index contributed by atoms with van der Waals surface area (Å²) in [6.07, 6.45) is -4.41. The maximum Gasteiger partial charge on any atom is 0.416 e. The lowest BCUT2D eigenvalue weighted by Crippen LogP contribution is -2.05. The quantitative estimate of drug-likeness (QED) is 0.669. The van der Waals surface area contributed by atoms with Gasteiger partial charge in [-0.05, 0) is 48.9 Å². The van der Waals surface area contributed by atoms with Crippen LogP contribution in [0.25, 0.3) is 11.4 Å². The first-order chi connectivity index (χ1) is 11.3. The molecule has 0 radical (unpaired) electrons. The van der Waals surface area contributed by atoms with Crippen molar-refractivity contribution in [1.82, 2.24) is 15.2 Å². The van der Waals surface area contributed by atoms with Crippen LogP contribution in [0.15, 0.2) is 42.5 Å². The second kappa shape index (κ2) is 5.88. The zero-order valence-electron chi connectivity index (χ0n) is 12.5. The molecule has 0 fully saturated rings. The molecule has 8 heteroatoms. The number of anilines is 2. The van der Waals surface area contributed by atoms with E-state index in [1.165, 1.54) is 18.2 Å². The van der Waals surface area contributed by atoms with Gasteiger partial charge in [0.05, 0.1) is 5.56 Å². The number of nitrogens with zero attached hydrogens (tertiary/aromatic N) is 2. The summed E-state index contributed by atoms with van der Waals surface area (Å²) in [5.41, 5.74) is 0.862. The van der Waals surface area contributed by atoms with Crippen molar-refractivity contribution in [2.24, 2.45) is 0 Å². The Morgan fingerprint density at radius 2 is 1.92 bits per heavy atom. The Hall–Kier alpha value is -3.03. The molecule has 3 rings (SSSR count). The summed E-state index contributed by atoms with van der Waals surface area (Å²) >= 11 is 0. The number of alkyl halides is 3. The third-order valence-electron chi connectivity index (χ3n) is 3.40. The molecule has 0 aliphatic heterocycles. The van der Waals surface area contributed by atoms with Crippen LogP contribution in [0.5, 0.6) is 5.75 Å². The van der Waals surface area contributed by atoms with Crippen molar-refractivity contribution in [3.63, 3.8) is 0 Å². The summed E-state index contributed by atoms with van der Waals surface area (Å²) in [4.78, 5) is 4.20. The monoisotopic (exact) mass is 334 g/mol. The fourth-order valence-electron chi connectivity index (χ4n) is 2.15. The van der Waals surface area contributed by atoms with Gasteiger partial charge in [-0.2, -0.15) is 18.2 Å². The Bertz CT molecular complexity index is 874. The number of aromatic hydroxyl groups is 1. The maximum atomic E-state index is 12.7. The predicted octanol–water partition coefficient (Wildman–Crippen LogP) is 4.25. The van der Waals surface area contributed by atoms with E-state index in [0.717, 1.165) is 12.1 Å². The average Bonchev–Trinajstić information content (AvgIpc) is 2.98. The molecule has 5 nitrogen and oxygen atoms in total. The summed E-state index contributed by atoms with van der Waals surface area (Å²) in [6, 6.07) is 9.71. The van der Waals surface area contributed by atoms with Crippen LogP contribution >= 0.6 is 0 Å². The van der Waals surface area contributed by atoms with E-state index in [9.17, 15) is 18.3 Å². The molecule has 0 amide bonds. The summed E-state index contributed by atoms with van der Waals surface area (Å²) in [7, 11) is 0. The Morgan fingerprint density at radius 1 is 1.12 bits per heavy atom.